The molecule has 1 saturated heterocycles. The molecule has 6 heteroatoms. The van der Waals surface area contributed by atoms with Crippen LogP contribution in [0.2, 0.25) is 0 Å². The minimum atomic E-state index is -0.177. The van der Waals surface area contributed by atoms with Crippen LogP contribution < -0.4 is 10.1 Å². The number of Topliss-reactive ketones (excluding diaryl/α,β-unsaturated/α-hetero) is 1. The number of aryl methyl sites for hydroxylation is 2. The third-order valence-corrected chi connectivity index (χ3v) is 5.46. The number of carbonyl (C=O) groups is 2. The molecule has 1 unspecified atom stereocenters. The molecule has 1 fully saturated rings. The summed E-state index contributed by atoms with van der Waals surface area (Å²) in [5, 5.41) is 2.84. The van der Waals surface area contributed by atoms with E-state index in [-0.39, 0.29) is 30.6 Å². The van der Waals surface area contributed by atoms with E-state index >= 15 is 0 Å². The van der Waals surface area contributed by atoms with E-state index < -0.39 is 0 Å². The molecular formula is C21H25NO4S. The lowest BCUT2D eigenvalue weighted by atomic mass is 10.1. The molecule has 1 amide bonds. The summed E-state index contributed by atoms with van der Waals surface area (Å²) in [7, 11) is 0. The Morgan fingerprint density at radius 3 is 2.81 bits per heavy atom. The second kappa shape index (κ2) is 9.15. The molecule has 5 nitrogen and oxygen atoms in total. The topological polar surface area (TPSA) is 64.6 Å². The maximum Gasteiger partial charge on any atom is 0.224 e. The molecule has 3 rings (SSSR count). The summed E-state index contributed by atoms with van der Waals surface area (Å²) in [6.45, 7) is 5.24. The smallest absolute Gasteiger partial charge is 0.224 e. The van der Waals surface area contributed by atoms with Gasteiger partial charge >= 0.3 is 0 Å². The molecule has 2 aromatic rings. The summed E-state index contributed by atoms with van der Waals surface area (Å²) in [6.07, 6.45) is 2.62. The molecular weight excluding hydrogens is 362 g/mol. The number of carbonyl (C=O) groups excluding carboxylic acids is 2. The Kier molecular flexibility index (Phi) is 6.63. The molecule has 0 spiro atoms. The number of hydrogen-bond donors (Lipinski definition) is 1. The SMILES string of the molecule is Cc1cc(C(=O)CCC(=O)Nc2cccc(OCC3CCCO3)c2)c(C)s1. The summed E-state index contributed by atoms with van der Waals surface area (Å²) in [5.74, 6) is 0.536. The fourth-order valence-corrected chi connectivity index (χ4v) is 4.06. The molecule has 0 saturated carbocycles. The number of hydrogen-bond acceptors (Lipinski definition) is 5. The third kappa shape index (κ3) is 5.65. The van der Waals surface area contributed by atoms with Crippen molar-refractivity contribution in [1.29, 1.82) is 0 Å². The third-order valence-electron chi connectivity index (χ3n) is 4.50. The summed E-state index contributed by atoms with van der Waals surface area (Å²) in [5.41, 5.74) is 1.40. The first kappa shape index (κ1) is 19.6. The number of ketones is 1. The number of rotatable bonds is 8. The molecule has 1 N–H and O–H groups in total. The highest BCUT2D eigenvalue weighted by atomic mass is 32.1. The highest BCUT2D eigenvalue weighted by Crippen LogP contribution is 2.23. The van der Waals surface area contributed by atoms with Crippen molar-refractivity contribution in [3.63, 3.8) is 0 Å². The number of amides is 1. The minimum Gasteiger partial charge on any atom is -0.491 e. The van der Waals surface area contributed by atoms with Crippen LogP contribution in [0.4, 0.5) is 5.69 Å². The van der Waals surface area contributed by atoms with E-state index in [1.807, 2.05) is 38.1 Å². The number of nitrogens with one attached hydrogen (secondary N) is 1. The summed E-state index contributed by atoms with van der Waals surface area (Å²) in [4.78, 5) is 26.6. The van der Waals surface area contributed by atoms with Crippen molar-refractivity contribution in [3.05, 3.63) is 45.6 Å². The van der Waals surface area contributed by atoms with E-state index in [4.69, 9.17) is 9.47 Å². The van der Waals surface area contributed by atoms with Gasteiger partial charge in [0, 0.05) is 46.5 Å². The van der Waals surface area contributed by atoms with Crippen molar-refractivity contribution in [2.24, 2.45) is 0 Å². The zero-order valence-corrected chi connectivity index (χ0v) is 16.6. The Hall–Kier alpha value is -2.18. The van der Waals surface area contributed by atoms with Gasteiger partial charge in [0.15, 0.2) is 5.78 Å². The predicted octanol–water partition coefficient (Wildman–Crippen LogP) is 4.52. The molecule has 1 aliphatic heterocycles. The molecule has 2 heterocycles. The summed E-state index contributed by atoms with van der Waals surface area (Å²) >= 11 is 1.61. The maximum atomic E-state index is 12.3. The lowest BCUT2D eigenvalue weighted by molar-refractivity contribution is -0.116. The molecule has 144 valence electrons. The molecule has 0 bridgehead atoms. The molecule has 1 aromatic carbocycles. The quantitative estimate of drug-likeness (QED) is 0.676. The molecule has 1 aliphatic rings. The van der Waals surface area contributed by atoms with Crippen LogP contribution in [0.1, 0.15) is 45.8 Å². The maximum absolute atomic E-state index is 12.3. The second-order valence-electron chi connectivity index (χ2n) is 6.77. The first-order chi connectivity index (χ1) is 13.0. The average molecular weight is 388 g/mol. The van der Waals surface area contributed by atoms with Gasteiger partial charge in [-0.1, -0.05) is 6.07 Å². The monoisotopic (exact) mass is 387 g/mol. The van der Waals surface area contributed by atoms with Gasteiger partial charge in [0.1, 0.15) is 12.4 Å². The van der Waals surface area contributed by atoms with Gasteiger partial charge in [-0.3, -0.25) is 9.59 Å². The van der Waals surface area contributed by atoms with Crippen molar-refractivity contribution < 1.29 is 19.1 Å². The number of anilines is 1. The van der Waals surface area contributed by atoms with Crippen LogP contribution in [0.15, 0.2) is 30.3 Å². The Bertz CT molecular complexity index is 808. The summed E-state index contributed by atoms with van der Waals surface area (Å²) < 4.78 is 11.3. The zero-order valence-electron chi connectivity index (χ0n) is 15.7. The lowest BCUT2D eigenvalue weighted by Crippen LogP contribution is -2.16. The number of thiophene rings is 1. The first-order valence-electron chi connectivity index (χ1n) is 9.26. The predicted molar refractivity (Wildman–Crippen MR) is 107 cm³/mol. The van der Waals surface area contributed by atoms with Crippen LogP contribution in [0.25, 0.3) is 0 Å². The number of benzene rings is 1. The Labute approximate surface area is 163 Å². The Balaban J connectivity index is 1.48. The van der Waals surface area contributed by atoms with Gasteiger partial charge < -0.3 is 14.8 Å². The van der Waals surface area contributed by atoms with Crippen molar-refractivity contribution in [2.75, 3.05) is 18.5 Å². The lowest BCUT2D eigenvalue weighted by Gasteiger charge is -2.12. The fraction of sp³-hybridized carbons (Fsp3) is 0.429. The second-order valence-corrected chi connectivity index (χ2v) is 8.23. The van der Waals surface area contributed by atoms with Gasteiger partial charge in [0.05, 0.1) is 6.10 Å². The van der Waals surface area contributed by atoms with Gasteiger partial charge in [-0.25, -0.2) is 0 Å². The van der Waals surface area contributed by atoms with Gasteiger partial charge in [-0.05, 0) is 44.9 Å². The Morgan fingerprint density at radius 1 is 1.26 bits per heavy atom. The van der Waals surface area contributed by atoms with Gasteiger partial charge in [0.25, 0.3) is 0 Å². The van der Waals surface area contributed by atoms with Crippen molar-refractivity contribution in [1.82, 2.24) is 0 Å². The van der Waals surface area contributed by atoms with E-state index in [1.54, 1.807) is 17.4 Å². The normalized spacial score (nSPS) is 16.3. The molecule has 27 heavy (non-hydrogen) atoms. The Morgan fingerprint density at radius 2 is 2.11 bits per heavy atom. The zero-order chi connectivity index (χ0) is 19.2. The highest BCUT2D eigenvalue weighted by Gasteiger charge is 2.16. The van der Waals surface area contributed by atoms with Gasteiger partial charge in [0.2, 0.25) is 5.91 Å². The molecule has 1 atom stereocenters. The standard InChI is InChI=1S/C21H25NO4S/c1-14-11-19(15(2)27-14)20(23)8-9-21(24)22-16-5-3-6-17(12-16)26-13-18-7-4-10-25-18/h3,5-6,11-12,18H,4,7-10,13H2,1-2H3,(H,22,24). The van der Waals surface area contributed by atoms with E-state index in [0.29, 0.717) is 18.0 Å². The fourth-order valence-electron chi connectivity index (χ4n) is 3.12. The van der Waals surface area contributed by atoms with Crippen LogP contribution in [-0.2, 0) is 9.53 Å². The first-order valence-corrected chi connectivity index (χ1v) is 10.1. The highest BCUT2D eigenvalue weighted by molar-refractivity contribution is 7.12. The largest absolute Gasteiger partial charge is 0.491 e. The summed E-state index contributed by atoms with van der Waals surface area (Å²) in [6, 6.07) is 9.19. The average Bonchev–Trinajstić information content (AvgIpc) is 3.27. The van der Waals surface area contributed by atoms with E-state index in [9.17, 15) is 9.59 Å². The van der Waals surface area contributed by atoms with Crippen LogP contribution in [0.3, 0.4) is 0 Å². The van der Waals surface area contributed by atoms with E-state index in [2.05, 4.69) is 5.32 Å². The van der Waals surface area contributed by atoms with Crippen LogP contribution in [0.5, 0.6) is 5.75 Å². The van der Waals surface area contributed by atoms with E-state index in [1.165, 1.54) is 0 Å². The van der Waals surface area contributed by atoms with Crippen LogP contribution >= 0.6 is 11.3 Å². The molecule has 0 radical (unpaired) electrons. The van der Waals surface area contributed by atoms with Crippen LogP contribution in [-0.4, -0.2) is 31.0 Å². The number of ether oxygens (including phenoxy) is 2. The van der Waals surface area contributed by atoms with Crippen molar-refractivity contribution in [3.8, 4) is 5.75 Å². The molecule has 0 aliphatic carbocycles. The van der Waals surface area contributed by atoms with Crippen LogP contribution in [0, 0.1) is 13.8 Å². The minimum absolute atomic E-state index is 0.0145. The van der Waals surface area contributed by atoms with Crippen molar-refractivity contribution >= 4 is 28.7 Å². The van der Waals surface area contributed by atoms with Crippen molar-refractivity contribution in [2.45, 2.75) is 45.6 Å². The van der Waals surface area contributed by atoms with Gasteiger partial charge in [-0.2, -0.15) is 0 Å². The van der Waals surface area contributed by atoms with Gasteiger partial charge in [-0.15, -0.1) is 11.3 Å². The van der Waals surface area contributed by atoms with E-state index in [0.717, 1.165) is 34.8 Å². The molecule has 1 aromatic heterocycles.